The van der Waals surface area contributed by atoms with Crippen molar-refractivity contribution >= 4 is 77.2 Å². The Morgan fingerprint density at radius 1 is 0.444 bits per heavy atom. The van der Waals surface area contributed by atoms with Gasteiger partial charge in [0.25, 0.3) is 0 Å². The van der Waals surface area contributed by atoms with Crippen molar-refractivity contribution in [2.45, 2.75) is 6.17 Å². The minimum absolute atomic E-state index is 0.308. The number of nitrogens with one attached hydrogen (secondary N) is 1. The van der Waals surface area contributed by atoms with Crippen molar-refractivity contribution in [3.63, 3.8) is 0 Å². The number of para-hydroxylation sites is 4. The molecule has 0 radical (unpaired) electrons. The van der Waals surface area contributed by atoms with Crippen LogP contribution in [0.4, 0.5) is 0 Å². The molecule has 12 aromatic rings. The minimum atomic E-state index is -0.308. The molecule has 1 N–H and O–H groups in total. The van der Waals surface area contributed by atoms with Crippen molar-refractivity contribution in [2.75, 3.05) is 0 Å². The Morgan fingerprint density at radius 3 is 1.73 bits per heavy atom. The van der Waals surface area contributed by atoms with Crippen molar-refractivity contribution < 1.29 is 4.42 Å². The molecule has 0 amide bonds. The van der Waals surface area contributed by atoms with Crippen LogP contribution in [0.15, 0.2) is 227 Å². The van der Waals surface area contributed by atoms with E-state index in [2.05, 4.69) is 178 Å². The van der Waals surface area contributed by atoms with E-state index >= 15 is 0 Å². The van der Waals surface area contributed by atoms with Gasteiger partial charge >= 0.3 is 0 Å². The molecule has 3 aromatic heterocycles. The fourth-order valence-electron chi connectivity index (χ4n) is 9.73. The van der Waals surface area contributed by atoms with Gasteiger partial charge in [-0.15, -0.1) is 0 Å². The summed E-state index contributed by atoms with van der Waals surface area (Å²) in [7, 11) is 0. The zero-order chi connectivity index (χ0) is 41.4. The quantitative estimate of drug-likeness (QED) is 0.182. The average molecular weight is 808 g/mol. The second-order valence-corrected chi connectivity index (χ2v) is 16.2. The fourth-order valence-corrected chi connectivity index (χ4v) is 9.73. The van der Waals surface area contributed by atoms with E-state index < -0.39 is 0 Å². The number of fused-ring (bicyclic) bond motifs is 9. The van der Waals surface area contributed by atoms with Crippen LogP contribution in [0, 0.1) is 0 Å². The highest BCUT2D eigenvalue weighted by molar-refractivity contribution is 6.23. The van der Waals surface area contributed by atoms with E-state index in [4.69, 9.17) is 14.4 Å². The summed E-state index contributed by atoms with van der Waals surface area (Å²) in [5.41, 5.74) is 13.7. The second kappa shape index (κ2) is 14.0. The molecule has 63 heavy (non-hydrogen) atoms. The van der Waals surface area contributed by atoms with Crippen molar-refractivity contribution in [3.05, 3.63) is 229 Å². The van der Waals surface area contributed by atoms with Crippen molar-refractivity contribution in [1.29, 1.82) is 0 Å². The van der Waals surface area contributed by atoms with Crippen LogP contribution in [-0.2, 0) is 0 Å². The first-order valence-electron chi connectivity index (χ1n) is 21.4. The summed E-state index contributed by atoms with van der Waals surface area (Å²) in [6.07, 6.45) is -0.308. The fraction of sp³-hybridized carbons (Fsp3) is 0.0175. The molecule has 1 atom stereocenters. The number of hydrogen-bond acceptors (Lipinski definition) is 4. The monoisotopic (exact) mass is 807 g/mol. The Balaban J connectivity index is 0.969. The molecule has 0 aliphatic carbocycles. The lowest BCUT2D eigenvalue weighted by Gasteiger charge is -2.23. The third-order valence-electron chi connectivity index (χ3n) is 12.6. The van der Waals surface area contributed by atoms with Gasteiger partial charge in [0.15, 0.2) is 11.4 Å². The van der Waals surface area contributed by atoms with Gasteiger partial charge in [-0.1, -0.05) is 152 Å². The van der Waals surface area contributed by atoms with E-state index in [-0.39, 0.29) is 6.17 Å². The molecule has 6 nitrogen and oxygen atoms in total. The Bertz CT molecular complexity index is 3820. The highest BCUT2D eigenvalue weighted by atomic mass is 16.3. The first-order valence-corrected chi connectivity index (χ1v) is 21.4. The van der Waals surface area contributed by atoms with Gasteiger partial charge in [0.05, 0.1) is 27.8 Å². The van der Waals surface area contributed by atoms with Gasteiger partial charge in [0.2, 0.25) is 0 Å². The molecule has 1 aliphatic rings. The number of aromatic nitrogens is 2. The smallest absolute Gasteiger partial charge is 0.160 e. The molecule has 9 aromatic carbocycles. The van der Waals surface area contributed by atoms with Gasteiger partial charge in [-0.3, -0.25) is 0 Å². The van der Waals surface area contributed by atoms with E-state index in [1.165, 1.54) is 43.7 Å². The van der Waals surface area contributed by atoms with Crippen molar-refractivity contribution in [3.8, 4) is 22.5 Å². The number of nitrogens with zero attached hydrogens (tertiary/aromatic N) is 4. The maximum absolute atomic E-state index is 6.92. The number of benzene rings is 9. The standard InChI is InChI=1S/C57H37N5O/c1-4-16-36(17-5-1)55-58-56(37-18-6-2-7-19-37)60-57(59-55)44-25-15-29-52-53(44)43-24-14-28-51(54(43)63-52)62-48-27-13-11-23-42(48)46-35-39(31-33-50(46)62)38-30-32-49-45(34-38)41-22-10-12-26-47(41)61(49)40-20-8-3-9-21-40/h1-35,55H,(H,58,59,60). The summed E-state index contributed by atoms with van der Waals surface area (Å²) in [5.74, 6) is 1.44. The van der Waals surface area contributed by atoms with Gasteiger partial charge in [-0.25, -0.2) is 9.98 Å². The third kappa shape index (κ3) is 5.58. The molecule has 13 rings (SSSR count). The van der Waals surface area contributed by atoms with Gasteiger partial charge in [-0.2, -0.15) is 0 Å². The van der Waals surface area contributed by atoms with Gasteiger partial charge in [0.1, 0.15) is 17.6 Å². The maximum atomic E-state index is 6.92. The summed E-state index contributed by atoms with van der Waals surface area (Å²) in [6.45, 7) is 0. The summed E-state index contributed by atoms with van der Waals surface area (Å²) in [6, 6.07) is 75.0. The highest BCUT2D eigenvalue weighted by Crippen LogP contribution is 2.42. The van der Waals surface area contributed by atoms with Gasteiger partial charge in [-0.05, 0) is 77.4 Å². The number of hydrogen-bond donors (Lipinski definition) is 1. The van der Waals surface area contributed by atoms with E-state index in [9.17, 15) is 0 Å². The number of furan rings is 1. The first-order chi connectivity index (χ1) is 31.2. The van der Waals surface area contributed by atoms with Gasteiger partial charge in [0, 0.05) is 49.1 Å². The lowest BCUT2D eigenvalue weighted by molar-refractivity contribution is 0.666. The van der Waals surface area contributed by atoms with E-state index in [1.807, 2.05) is 48.5 Å². The van der Waals surface area contributed by atoms with Crippen LogP contribution >= 0.6 is 0 Å². The molecule has 0 saturated carbocycles. The lowest BCUT2D eigenvalue weighted by Crippen LogP contribution is -2.33. The second-order valence-electron chi connectivity index (χ2n) is 16.2. The number of rotatable bonds is 6. The summed E-state index contributed by atoms with van der Waals surface area (Å²) < 4.78 is 11.6. The molecular formula is C57H37N5O. The molecule has 6 heteroatoms. The predicted octanol–water partition coefficient (Wildman–Crippen LogP) is 13.9. The molecule has 0 saturated heterocycles. The van der Waals surface area contributed by atoms with E-state index in [0.29, 0.717) is 5.84 Å². The Morgan fingerprint density at radius 2 is 1.02 bits per heavy atom. The zero-order valence-corrected chi connectivity index (χ0v) is 34.0. The van der Waals surface area contributed by atoms with Crippen LogP contribution in [0.5, 0.6) is 0 Å². The molecule has 1 unspecified atom stereocenters. The van der Waals surface area contributed by atoms with Gasteiger partial charge < -0.3 is 18.9 Å². The lowest BCUT2D eigenvalue weighted by atomic mass is 10.0. The summed E-state index contributed by atoms with van der Waals surface area (Å²) in [4.78, 5) is 10.4. The molecule has 296 valence electrons. The largest absolute Gasteiger partial charge is 0.454 e. The summed E-state index contributed by atoms with van der Waals surface area (Å²) in [5, 5.41) is 10.4. The zero-order valence-electron chi connectivity index (χ0n) is 34.0. The maximum Gasteiger partial charge on any atom is 0.160 e. The Hall–Kier alpha value is -8.48. The van der Waals surface area contributed by atoms with Crippen LogP contribution < -0.4 is 5.32 Å². The van der Waals surface area contributed by atoms with Crippen LogP contribution in [0.1, 0.15) is 22.9 Å². The Kier molecular flexibility index (Phi) is 7.87. The molecule has 0 bridgehead atoms. The molecular weight excluding hydrogens is 771 g/mol. The topological polar surface area (TPSA) is 59.8 Å². The normalized spacial score (nSPS) is 14.2. The first kappa shape index (κ1) is 35.3. The van der Waals surface area contributed by atoms with E-state index in [1.54, 1.807) is 0 Å². The van der Waals surface area contributed by atoms with E-state index in [0.717, 1.165) is 66.9 Å². The summed E-state index contributed by atoms with van der Waals surface area (Å²) >= 11 is 0. The van der Waals surface area contributed by atoms with Crippen LogP contribution in [0.2, 0.25) is 0 Å². The van der Waals surface area contributed by atoms with Crippen LogP contribution in [0.25, 0.3) is 88.1 Å². The highest BCUT2D eigenvalue weighted by Gasteiger charge is 2.25. The molecule has 0 spiro atoms. The number of aliphatic imine (C=N–C) groups is 2. The van der Waals surface area contributed by atoms with Crippen molar-refractivity contribution in [1.82, 2.24) is 14.5 Å². The number of amidine groups is 2. The molecule has 0 fully saturated rings. The van der Waals surface area contributed by atoms with Crippen molar-refractivity contribution in [2.24, 2.45) is 9.98 Å². The minimum Gasteiger partial charge on any atom is -0.454 e. The third-order valence-corrected chi connectivity index (χ3v) is 12.6. The molecule has 4 heterocycles. The predicted molar refractivity (Wildman–Crippen MR) is 260 cm³/mol. The SMILES string of the molecule is c1ccc(C2=NC(c3cccc4oc5c(-n6c7ccccc7c7cc(-c8ccc9c(c8)c8ccccc8n9-c8ccccc8)ccc76)cccc5c34)=NC(c3ccccc3)N2)cc1. The average Bonchev–Trinajstić information content (AvgIpc) is 4.02. The van der Waals surface area contributed by atoms with Crippen LogP contribution in [-0.4, -0.2) is 20.8 Å². The Labute approximate surface area is 362 Å². The van der Waals surface area contributed by atoms with Crippen LogP contribution in [0.3, 0.4) is 0 Å². The molecule has 1 aliphatic heterocycles.